The van der Waals surface area contributed by atoms with Crippen molar-refractivity contribution in [1.29, 1.82) is 0 Å². The number of benzene rings is 1. The number of nitrogens with one attached hydrogen (secondary N) is 1. The van der Waals surface area contributed by atoms with E-state index in [2.05, 4.69) is 10.2 Å². The lowest BCUT2D eigenvalue weighted by Gasteiger charge is -2.37. The predicted octanol–water partition coefficient (Wildman–Crippen LogP) is 3.86. The van der Waals surface area contributed by atoms with Gasteiger partial charge in [0.15, 0.2) is 0 Å². The molecule has 5 nitrogen and oxygen atoms in total. The molecule has 2 amide bonds. The molecule has 0 bridgehead atoms. The molecule has 0 aromatic heterocycles. The molecule has 1 unspecified atom stereocenters. The molecule has 2 heterocycles. The summed E-state index contributed by atoms with van der Waals surface area (Å²) in [5.41, 5.74) is 9.29. The first-order valence-electron chi connectivity index (χ1n) is 10.4. The van der Waals surface area contributed by atoms with Crippen LogP contribution in [-0.4, -0.2) is 48.1 Å². The van der Waals surface area contributed by atoms with Crippen LogP contribution >= 0.6 is 0 Å². The SMILES string of the molecule is CC/C=C(NC(=O)N1CCN2CCCC2C1)/C(N)=C\C=C(/C)c1ccc(F)cc1. The lowest BCUT2D eigenvalue weighted by Crippen LogP contribution is -2.54. The molecule has 0 aliphatic carbocycles. The molecular weight excluding hydrogens is 367 g/mol. The Hall–Kier alpha value is -2.60. The van der Waals surface area contributed by atoms with Gasteiger partial charge < -0.3 is 16.0 Å². The summed E-state index contributed by atoms with van der Waals surface area (Å²) in [7, 11) is 0. The molecule has 3 N–H and O–H groups in total. The van der Waals surface area contributed by atoms with Crippen LogP contribution in [0, 0.1) is 5.82 Å². The van der Waals surface area contributed by atoms with E-state index in [0.717, 1.165) is 50.2 Å². The maximum absolute atomic E-state index is 13.1. The van der Waals surface area contributed by atoms with Crippen molar-refractivity contribution in [2.45, 2.75) is 39.2 Å². The van der Waals surface area contributed by atoms with Crippen LogP contribution in [0.25, 0.3) is 5.57 Å². The monoisotopic (exact) mass is 398 g/mol. The zero-order chi connectivity index (χ0) is 20.8. The van der Waals surface area contributed by atoms with Crippen molar-refractivity contribution in [2.24, 2.45) is 5.73 Å². The van der Waals surface area contributed by atoms with E-state index in [1.807, 2.05) is 30.9 Å². The summed E-state index contributed by atoms with van der Waals surface area (Å²) in [6.07, 6.45) is 8.75. The van der Waals surface area contributed by atoms with E-state index in [1.165, 1.54) is 18.6 Å². The van der Waals surface area contributed by atoms with E-state index < -0.39 is 0 Å². The van der Waals surface area contributed by atoms with Crippen LogP contribution in [0.4, 0.5) is 9.18 Å². The highest BCUT2D eigenvalue weighted by molar-refractivity contribution is 5.77. The van der Waals surface area contributed by atoms with Crippen LogP contribution < -0.4 is 11.1 Å². The third-order valence-corrected chi connectivity index (χ3v) is 5.65. The summed E-state index contributed by atoms with van der Waals surface area (Å²) < 4.78 is 13.1. The Morgan fingerprint density at radius 3 is 2.72 bits per heavy atom. The highest BCUT2D eigenvalue weighted by atomic mass is 19.1. The fraction of sp³-hybridized carbons (Fsp3) is 0.435. The molecule has 0 radical (unpaired) electrons. The van der Waals surface area contributed by atoms with Gasteiger partial charge in [0.1, 0.15) is 5.82 Å². The largest absolute Gasteiger partial charge is 0.397 e. The predicted molar refractivity (Wildman–Crippen MR) is 115 cm³/mol. The minimum Gasteiger partial charge on any atom is -0.397 e. The molecule has 156 valence electrons. The van der Waals surface area contributed by atoms with Gasteiger partial charge in [0, 0.05) is 25.7 Å². The van der Waals surface area contributed by atoms with Crippen LogP contribution in [-0.2, 0) is 0 Å². The van der Waals surface area contributed by atoms with Crippen LogP contribution in [0.5, 0.6) is 0 Å². The molecule has 0 saturated carbocycles. The lowest BCUT2D eigenvalue weighted by molar-refractivity contribution is 0.119. The zero-order valence-corrected chi connectivity index (χ0v) is 17.3. The summed E-state index contributed by atoms with van der Waals surface area (Å²) in [4.78, 5) is 17.2. The number of fused-ring (bicyclic) bond motifs is 1. The summed E-state index contributed by atoms with van der Waals surface area (Å²) in [5.74, 6) is -0.258. The summed E-state index contributed by atoms with van der Waals surface area (Å²) in [5, 5.41) is 3.00. The van der Waals surface area contributed by atoms with Gasteiger partial charge in [0.2, 0.25) is 0 Å². The van der Waals surface area contributed by atoms with Gasteiger partial charge >= 0.3 is 6.03 Å². The second-order valence-corrected chi connectivity index (χ2v) is 7.71. The third-order valence-electron chi connectivity index (χ3n) is 5.65. The van der Waals surface area contributed by atoms with Crippen LogP contribution in [0.3, 0.4) is 0 Å². The lowest BCUT2D eigenvalue weighted by atomic mass is 10.1. The standard InChI is InChI=1S/C23H31FN4O/c1-3-5-22(21(25)12-7-17(2)18-8-10-19(24)11-9-18)26-23(29)28-15-14-27-13-4-6-20(27)16-28/h5,7-12,20H,3-4,6,13-16,25H2,1-2H3,(H,26,29)/b17-7+,21-12+,22-5-. The van der Waals surface area contributed by atoms with Gasteiger partial charge in [0.25, 0.3) is 0 Å². The van der Waals surface area contributed by atoms with Gasteiger partial charge in [-0.3, -0.25) is 4.90 Å². The molecule has 1 aromatic carbocycles. The number of urea groups is 1. The molecule has 2 aliphatic rings. The Morgan fingerprint density at radius 2 is 2.00 bits per heavy atom. The topological polar surface area (TPSA) is 61.6 Å². The van der Waals surface area contributed by atoms with Crippen LogP contribution in [0.1, 0.15) is 38.7 Å². The summed E-state index contributed by atoms with van der Waals surface area (Å²) >= 11 is 0. The van der Waals surface area contributed by atoms with Crippen molar-refractivity contribution in [3.05, 3.63) is 65.3 Å². The number of amides is 2. The molecule has 2 aliphatic heterocycles. The van der Waals surface area contributed by atoms with Gasteiger partial charge in [0.05, 0.1) is 11.4 Å². The van der Waals surface area contributed by atoms with E-state index in [9.17, 15) is 9.18 Å². The van der Waals surface area contributed by atoms with E-state index in [0.29, 0.717) is 17.4 Å². The third kappa shape index (κ3) is 5.48. The number of halogens is 1. The average molecular weight is 399 g/mol. The number of hydrogen-bond acceptors (Lipinski definition) is 3. The van der Waals surface area contributed by atoms with Crippen LogP contribution in [0.2, 0.25) is 0 Å². The number of carbonyl (C=O) groups is 1. The maximum Gasteiger partial charge on any atom is 0.321 e. The first-order valence-corrected chi connectivity index (χ1v) is 10.4. The quantitative estimate of drug-likeness (QED) is 0.741. The minimum atomic E-state index is -0.258. The Kier molecular flexibility index (Phi) is 7.09. The highest BCUT2D eigenvalue weighted by Gasteiger charge is 2.32. The molecule has 3 rings (SSSR count). The van der Waals surface area contributed by atoms with Crippen molar-refractivity contribution >= 4 is 11.6 Å². The van der Waals surface area contributed by atoms with Gasteiger partial charge in [-0.2, -0.15) is 0 Å². The number of nitrogens with two attached hydrogens (primary N) is 1. The van der Waals surface area contributed by atoms with Crippen LogP contribution in [0.15, 0.2) is 53.9 Å². The Morgan fingerprint density at radius 1 is 1.24 bits per heavy atom. The zero-order valence-electron chi connectivity index (χ0n) is 17.3. The smallest absolute Gasteiger partial charge is 0.321 e. The minimum absolute atomic E-state index is 0.0909. The fourth-order valence-electron chi connectivity index (χ4n) is 3.93. The molecule has 6 heteroatoms. The van der Waals surface area contributed by atoms with Crippen molar-refractivity contribution in [3.63, 3.8) is 0 Å². The Bertz CT molecular complexity index is 813. The van der Waals surface area contributed by atoms with Crippen molar-refractivity contribution in [1.82, 2.24) is 15.1 Å². The highest BCUT2D eigenvalue weighted by Crippen LogP contribution is 2.21. The second kappa shape index (κ2) is 9.74. The first kappa shape index (κ1) is 21.1. The van der Waals surface area contributed by atoms with Gasteiger partial charge in [-0.15, -0.1) is 0 Å². The first-order chi connectivity index (χ1) is 14.0. The number of hydrogen-bond donors (Lipinski definition) is 2. The van der Waals surface area contributed by atoms with Crippen molar-refractivity contribution < 1.29 is 9.18 Å². The maximum atomic E-state index is 13.1. The summed E-state index contributed by atoms with van der Waals surface area (Å²) in [6.45, 7) is 7.57. The number of piperazine rings is 1. The number of rotatable bonds is 5. The van der Waals surface area contributed by atoms with Gasteiger partial charge in [-0.1, -0.05) is 31.2 Å². The molecule has 0 spiro atoms. The van der Waals surface area contributed by atoms with E-state index >= 15 is 0 Å². The van der Waals surface area contributed by atoms with Crippen molar-refractivity contribution in [3.8, 4) is 0 Å². The molecular formula is C23H31FN4O. The molecule has 1 atom stereocenters. The Labute approximate surface area is 172 Å². The van der Waals surface area contributed by atoms with Gasteiger partial charge in [-0.25, -0.2) is 9.18 Å². The normalized spacial score (nSPS) is 21.3. The molecule has 2 saturated heterocycles. The Balaban J connectivity index is 1.66. The average Bonchev–Trinajstić information content (AvgIpc) is 3.19. The van der Waals surface area contributed by atoms with Gasteiger partial charge in [-0.05, 0) is 62.1 Å². The van der Waals surface area contributed by atoms with E-state index in [4.69, 9.17) is 5.73 Å². The fourth-order valence-corrected chi connectivity index (χ4v) is 3.93. The van der Waals surface area contributed by atoms with Crippen molar-refractivity contribution in [2.75, 3.05) is 26.2 Å². The molecule has 29 heavy (non-hydrogen) atoms. The number of nitrogens with zero attached hydrogens (tertiary/aromatic N) is 2. The van der Waals surface area contributed by atoms with E-state index in [-0.39, 0.29) is 11.8 Å². The number of allylic oxidation sites excluding steroid dienone is 4. The second-order valence-electron chi connectivity index (χ2n) is 7.71. The van der Waals surface area contributed by atoms with E-state index in [1.54, 1.807) is 18.2 Å². The summed E-state index contributed by atoms with van der Waals surface area (Å²) in [6, 6.07) is 6.74. The molecule has 2 fully saturated rings. The molecule has 1 aromatic rings. The number of carbonyl (C=O) groups excluding carboxylic acids is 1.